The van der Waals surface area contributed by atoms with E-state index in [1.165, 1.54) is 36.5 Å². The van der Waals surface area contributed by atoms with Crippen molar-refractivity contribution in [3.05, 3.63) is 102 Å². The average Bonchev–Trinajstić information content (AvgIpc) is 2.84. The lowest BCUT2D eigenvalue weighted by atomic mass is 10.0. The van der Waals surface area contributed by atoms with Gasteiger partial charge in [-0.25, -0.2) is 17.9 Å². The molecule has 1 aromatic heterocycles. The summed E-state index contributed by atoms with van der Waals surface area (Å²) < 4.78 is 37.6. The van der Waals surface area contributed by atoms with Crippen LogP contribution in [0.3, 0.4) is 0 Å². The van der Waals surface area contributed by atoms with Gasteiger partial charge in [0.05, 0.1) is 16.2 Å². The SMILES string of the molecule is N=C(N)c1cc(-c2cc(C(=O)Nc3ccc(-c4ccccc4S(N)(=O)=O)cc3)ccn2)ccc1F. The van der Waals surface area contributed by atoms with Crippen molar-refractivity contribution >= 4 is 27.5 Å². The molecule has 176 valence electrons. The number of aromatic nitrogens is 1. The standard InChI is InChI=1S/C25H20FN5O3S/c26-21-10-7-16(13-20(21)24(27)28)22-14-17(11-12-30-22)25(32)31-18-8-5-15(6-9-18)19-3-1-2-4-23(19)35(29,33)34/h1-14H,(H3,27,28)(H,31,32)(H2,29,33,34). The minimum absolute atomic E-state index is 0.00910. The van der Waals surface area contributed by atoms with Gasteiger partial charge in [0, 0.05) is 28.6 Å². The van der Waals surface area contributed by atoms with E-state index in [1.807, 2.05) is 0 Å². The van der Waals surface area contributed by atoms with Crippen LogP contribution in [0.4, 0.5) is 10.1 Å². The molecule has 0 aliphatic carbocycles. The summed E-state index contributed by atoms with van der Waals surface area (Å²) in [5.41, 5.74) is 8.17. The molecule has 0 saturated heterocycles. The molecule has 0 spiro atoms. The smallest absolute Gasteiger partial charge is 0.255 e. The highest BCUT2D eigenvalue weighted by molar-refractivity contribution is 7.89. The Balaban J connectivity index is 1.56. The molecule has 0 fully saturated rings. The van der Waals surface area contributed by atoms with Gasteiger partial charge in [0.1, 0.15) is 11.7 Å². The minimum Gasteiger partial charge on any atom is -0.384 e. The van der Waals surface area contributed by atoms with Crippen molar-refractivity contribution in [3.8, 4) is 22.4 Å². The number of carbonyl (C=O) groups excluding carboxylic acids is 1. The predicted molar refractivity (Wildman–Crippen MR) is 132 cm³/mol. The number of nitrogens with zero attached hydrogens (tertiary/aromatic N) is 1. The quantitative estimate of drug-likeness (QED) is 0.240. The van der Waals surface area contributed by atoms with Gasteiger partial charge in [-0.2, -0.15) is 0 Å². The number of amidine groups is 1. The Labute approximate surface area is 201 Å². The lowest BCUT2D eigenvalue weighted by Gasteiger charge is -2.10. The van der Waals surface area contributed by atoms with Gasteiger partial charge in [-0.3, -0.25) is 15.2 Å². The number of pyridine rings is 1. The fourth-order valence-corrected chi connectivity index (χ4v) is 4.27. The van der Waals surface area contributed by atoms with E-state index < -0.39 is 27.6 Å². The monoisotopic (exact) mass is 489 g/mol. The van der Waals surface area contributed by atoms with Gasteiger partial charge in [0.2, 0.25) is 10.0 Å². The van der Waals surface area contributed by atoms with Crippen LogP contribution in [0.25, 0.3) is 22.4 Å². The highest BCUT2D eigenvalue weighted by Crippen LogP contribution is 2.28. The summed E-state index contributed by atoms with van der Waals surface area (Å²) in [6.45, 7) is 0. The highest BCUT2D eigenvalue weighted by Gasteiger charge is 2.15. The van der Waals surface area contributed by atoms with Crippen molar-refractivity contribution in [2.24, 2.45) is 10.9 Å². The number of hydrogen-bond acceptors (Lipinski definition) is 5. The molecule has 8 nitrogen and oxygen atoms in total. The molecule has 4 aromatic rings. The molecule has 10 heteroatoms. The molecule has 6 N–H and O–H groups in total. The fraction of sp³-hybridized carbons (Fsp3) is 0. The van der Waals surface area contributed by atoms with Gasteiger partial charge >= 0.3 is 0 Å². The number of nitrogens with two attached hydrogens (primary N) is 2. The zero-order valence-electron chi connectivity index (χ0n) is 18.2. The molecular weight excluding hydrogens is 469 g/mol. The van der Waals surface area contributed by atoms with Crippen LogP contribution in [0.5, 0.6) is 0 Å². The molecule has 0 aliphatic rings. The first-order valence-electron chi connectivity index (χ1n) is 10.3. The number of carbonyl (C=O) groups is 1. The zero-order chi connectivity index (χ0) is 25.2. The minimum atomic E-state index is -3.90. The summed E-state index contributed by atoms with van der Waals surface area (Å²) in [6.07, 6.45) is 1.45. The van der Waals surface area contributed by atoms with Crippen molar-refractivity contribution in [2.45, 2.75) is 4.90 Å². The van der Waals surface area contributed by atoms with Crippen LogP contribution < -0.4 is 16.2 Å². The van der Waals surface area contributed by atoms with Gasteiger partial charge in [-0.05, 0) is 54.1 Å². The van der Waals surface area contributed by atoms with Crippen molar-refractivity contribution in [1.82, 2.24) is 4.98 Å². The molecule has 0 unspecified atom stereocenters. The molecule has 1 heterocycles. The van der Waals surface area contributed by atoms with E-state index in [9.17, 15) is 17.6 Å². The fourth-order valence-electron chi connectivity index (χ4n) is 3.51. The van der Waals surface area contributed by atoms with E-state index in [4.69, 9.17) is 16.3 Å². The normalized spacial score (nSPS) is 11.1. The Bertz CT molecular complexity index is 1550. The van der Waals surface area contributed by atoms with Gasteiger partial charge in [0.25, 0.3) is 5.91 Å². The average molecular weight is 490 g/mol. The van der Waals surface area contributed by atoms with E-state index in [0.29, 0.717) is 33.6 Å². The topological polar surface area (TPSA) is 152 Å². The van der Waals surface area contributed by atoms with Crippen molar-refractivity contribution in [1.29, 1.82) is 5.41 Å². The Morgan fingerprint density at radius 2 is 1.63 bits per heavy atom. The molecule has 4 rings (SSSR count). The maximum absolute atomic E-state index is 13.9. The first-order valence-corrected chi connectivity index (χ1v) is 11.8. The third kappa shape index (κ3) is 5.24. The Kier molecular flexibility index (Phi) is 6.41. The summed E-state index contributed by atoms with van der Waals surface area (Å²) in [7, 11) is -3.90. The Hall–Kier alpha value is -4.41. The summed E-state index contributed by atoms with van der Waals surface area (Å²) >= 11 is 0. The second-order valence-corrected chi connectivity index (χ2v) is 9.14. The maximum Gasteiger partial charge on any atom is 0.255 e. The molecule has 0 saturated carbocycles. The van der Waals surface area contributed by atoms with E-state index in [1.54, 1.807) is 48.5 Å². The molecule has 1 amide bonds. The Morgan fingerprint density at radius 3 is 2.31 bits per heavy atom. The largest absolute Gasteiger partial charge is 0.384 e. The maximum atomic E-state index is 13.9. The number of nitrogens with one attached hydrogen (secondary N) is 2. The third-order valence-electron chi connectivity index (χ3n) is 5.22. The number of rotatable bonds is 6. The second kappa shape index (κ2) is 9.45. The van der Waals surface area contributed by atoms with Gasteiger partial charge in [0.15, 0.2) is 0 Å². The van der Waals surface area contributed by atoms with E-state index in [-0.39, 0.29) is 10.5 Å². The first-order chi connectivity index (χ1) is 16.6. The van der Waals surface area contributed by atoms with E-state index >= 15 is 0 Å². The summed E-state index contributed by atoms with van der Waals surface area (Å²) in [6, 6.07) is 20.2. The number of sulfonamides is 1. The van der Waals surface area contributed by atoms with E-state index in [2.05, 4.69) is 10.3 Å². The van der Waals surface area contributed by atoms with Crippen LogP contribution in [-0.2, 0) is 10.0 Å². The number of benzene rings is 3. The number of anilines is 1. The molecule has 0 atom stereocenters. The first kappa shape index (κ1) is 23.7. The number of primary sulfonamides is 1. The van der Waals surface area contributed by atoms with Gasteiger partial charge in [-0.15, -0.1) is 0 Å². The third-order valence-corrected chi connectivity index (χ3v) is 6.19. The summed E-state index contributed by atoms with van der Waals surface area (Å²) in [5, 5.41) is 15.6. The highest BCUT2D eigenvalue weighted by atomic mass is 32.2. The van der Waals surface area contributed by atoms with Crippen LogP contribution in [0.2, 0.25) is 0 Å². The Morgan fingerprint density at radius 1 is 0.943 bits per heavy atom. The zero-order valence-corrected chi connectivity index (χ0v) is 19.0. The number of halogens is 1. The van der Waals surface area contributed by atoms with Crippen LogP contribution in [0, 0.1) is 11.2 Å². The van der Waals surface area contributed by atoms with Crippen LogP contribution in [0.1, 0.15) is 15.9 Å². The van der Waals surface area contributed by atoms with Crippen molar-refractivity contribution < 1.29 is 17.6 Å². The molecule has 0 radical (unpaired) electrons. The van der Waals surface area contributed by atoms with Crippen LogP contribution in [-0.4, -0.2) is 25.1 Å². The molecular formula is C25H20FN5O3S. The van der Waals surface area contributed by atoms with Gasteiger partial charge < -0.3 is 11.1 Å². The number of hydrogen-bond donors (Lipinski definition) is 4. The molecule has 35 heavy (non-hydrogen) atoms. The lowest BCUT2D eigenvalue weighted by molar-refractivity contribution is 0.102. The van der Waals surface area contributed by atoms with E-state index in [0.717, 1.165) is 0 Å². The number of amides is 1. The van der Waals surface area contributed by atoms with Crippen molar-refractivity contribution in [3.63, 3.8) is 0 Å². The molecule has 0 bridgehead atoms. The summed E-state index contributed by atoms with van der Waals surface area (Å²) in [4.78, 5) is 17.1. The predicted octanol–water partition coefficient (Wildman–Crippen LogP) is 3.74. The van der Waals surface area contributed by atoms with Gasteiger partial charge in [-0.1, -0.05) is 30.3 Å². The number of nitrogen functional groups attached to an aromatic ring is 1. The lowest BCUT2D eigenvalue weighted by Crippen LogP contribution is -2.14. The van der Waals surface area contributed by atoms with Crippen LogP contribution >= 0.6 is 0 Å². The molecule has 3 aromatic carbocycles. The van der Waals surface area contributed by atoms with Crippen LogP contribution in [0.15, 0.2) is 90.0 Å². The van der Waals surface area contributed by atoms with Crippen molar-refractivity contribution in [2.75, 3.05) is 5.32 Å². The second-order valence-electron chi connectivity index (χ2n) is 7.61. The summed E-state index contributed by atoms with van der Waals surface area (Å²) in [5.74, 6) is -1.43. The molecule has 0 aliphatic heterocycles.